The van der Waals surface area contributed by atoms with Crippen molar-refractivity contribution in [1.82, 2.24) is 9.78 Å². The van der Waals surface area contributed by atoms with Crippen LogP contribution in [0.15, 0.2) is 6.20 Å². The third kappa shape index (κ3) is 2.16. The molecule has 1 aromatic rings. The zero-order valence-corrected chi connectivity index (χ0v) is 9.80. The van der Waals surface area contributed by atoms with Gasteiger partial charge < -0.3 is 14.6 Å². The van der Waals surface area contributed by atoms with Crippen LogP contribution in [0.4, 0.5) is 0 Å². The first-order valence-corrected chi connectivity index (χ1v) is 4.90. The fourth-order valence-corrected chi connectivity index (χ4v) is 1.41. The Hall–Kier alpha value is -1.56. The lowest BCUT2D eigenvalue weighted by Crippen LogP contribution is -2.19. The first kappa shape index (κ1) is 12.5. The number of aromatic nitrogens is 2. The maximum atomic E-state index is 11.3. The molecule has 0 amide bonds. The molecule has 0 aliphatic heterocycles. The Morgan fingerprint density at radius 1 is 1.50 bits per heavy atom. The lowest BCUT2D eigenvalue weighted by atomic mass is 10.2. The summed E-state index contributed by atoms with van der Waals surface area (Å²) in [5, 5.41) is 13.9. The van der Waals surface area contributed by atoms with Crippen LogP contribution in [-0.2, 0) is 9.53 Å². The van der Waals surface area contributed by atoms with Crippen LogP contribution in [0.5, 0.6) is 5.75 Å². The summed E-state index contributed by atoms with van der Waals surface area (Å²) in [4.78, 5) is 11.3. The summed E-state index contributed by atoms with van der Waals surface area (Å²) < 4.78 is 11.1. The highest BCUT2D eigenvalue weighted by molar-refractivity contribution is 5.76. The van der Waals surface area contributed by atoms with Crippen molar-refractivity contribution in [2.24, 2.45) is 0 Å². The summed E-state index contributed by atoms with van der Waals surface area (Å²) in [5.41, 5.74) is 0.310. The zero-order chi connectivity index (χ0) is 12.3. The fourth-order valence-electron chi connectivity index (χ4n) is 1.41. The summed E-state index contributed by atoms with van der Waals surface area (Å²) in [5.74, 6) is -0.368. The molecule has 0 saturated carbocycles. The summed E-state index contributed by atoms with van der Waals surface area (Å²) in [6.45, 7) is 3.78. The van der Waals surface area contributed by atoms with Gasteiger partial charge in [0.1, 0.15) is 5.69 Å². The number of rotatable bonds is 4. The van der Waals surface area contributed by atoms with E-state index < -0.39 is 12.1 Å². The quantitative estimate of drug-likeness (QED) is 0.767. The van der Waals surface area contributed by atoms with Crippen LogP contribution < -0.4 is 4.74 Å². The number of nitrogens with zero attached hydrogens (tertiary/aromatic N) is 2. The summed E-state index contributed by atoms with van der Waals surface area (Å²) in [6, 6.07) is 0.0122. The first-order valence-electron chi connectivity index (χ1n) is 4.90. The average molecular weight is 228 g/mol. The summed E-state index contributed by atoms with van der Waals surface area (Å²) >= 11 is 0. The van der Waals surface area contributed by atoms with Gasteiger partial charge in [0.15, 0.2) is 11.9 Å². The average Bonchev–Trinajstić information content (AvgIpc) is 2.70. The molecule has 0 radical (unpaired) electrons. The third-order valence-corrected chi connectivity index (χ3v) is 2.19. The molecule has 16 heavy (non-hydrogen) atoms. The number of carbonyl (C=O) groups is 1. The second kappa shape index (κ2) is 4.98. The van der Waals surface area contributed by atoms with Gasteiger partial charge in [0.2, 0.25) is 0 Å². The molecule has 1 unspecified atom stereocenters. The highest BCUT2D eigenvalue weighted by Gasteiger charge is 2.27. The summed E-state index contributed by atoms with van der Waals surface area (Å²) in [6.07, 6.45) is 0.0754. The normalized spacial score (nSPS) is 12.6. The number of esters is 1. The van der Waals surface area contributed by atoms with Crippen LogP contribution in [0, 0.1) is 0 Å². The molecular weight excluding hydrogens is 212 g/mol. The number of ether oxygens (including phenoxy) is 2. The molecule has 0 bridgehead atoms. The van der Waals surface area contributed by atoms with E-state index in [2.05, 4.69) is 9.84 Å². The predicted octanol–water partition coefficient (Wildman–Crippen LogP) is 0.679. The van der Waals surface area contributed by atoms with E-state index in [-0.39, 0.29) is 6.04 Å². The van der Waals surface area contributed by atoms with Crippen LogP contribution in [-0.4, -0.2) is 35.1 Å². The minimum atomic E-state index is -1.38. The number of hydrogen-bond donors (Lipinski definition) is 1. The van der Waals surface area contributed by atoms with Gasteiger partial charge in [-0.3, -0.25) is 4.68 Å². The third-order valence-electron chi connectivity index (χ3n) is 2.19. The zero-order valence-electron chi connectivity index (χ0n) is 9.80. The van der Waals surface area contributed by atoms with E-state index >= 15 is 0 Å². The monoisotopic (exact) mass is 228 g/mol. The maximum absolute atomic E-state index is 11.3. The van der Waals surface area contributed by atoms with Crippen LogP contribution in [0.25, 0.3) is 0 Å². The second-order valence-corrected chi connectivity index (χ2v) is 3.56. The van der Waals surface area contributed by atoms with E-state index in [0.29, 0.717) is 11.4 Å². The van der Waals surface area contributed by atoms with Gasteiger partial charge >= 0.3 is 5.97 Å². The molecule has 1 aromatic heterocycles. The molecule has 0 aliphatic rings. The summed E-state index contributed by atoms with van der Waals surface area (Å²) in [7, 11) is 2.67. The van der Waals surface area contributed by atoms with Gasteiger partial charge in [-0.25, -0.2) is 4.79 Å². The van der Waals surface area contributed by atoms with Crippen LogP contribution >= 0.6 is 0 Å². The second-order valence-electron chi connectivity index (χ2n) is 3.56. The smallest absolute Gasteiger partial charge is 0.341 e. The molecule has 1 heterocycles. The highest BCUT2D eigenvalue weighted by Crippen LogP contribution is 2.27. The SMILES string of the molecule is COC(=O)C(O)c1c(OC)cnn1C(C)C. The molecule has 0 spiro atoms. The molecule has 6 heteroatoms. The fraction of sp³-hybridized carbons (Fsp3) is 0.600. The number of aliphatic hydroxyl groups is 1. The number of aliphatic hydroxyl groups excluding tert-OH is 1. The largest absolute Gasteiger partial charge is 0.493 e. The van der Waals surface area contributed by atoms with E-state index in [1.807, 2.05) is 13.8 Å². The van der Waals surface area contributed by atoms with Crippen molar-refractivity contribution in [3.63, 3.8) is 0 Å². The Bertz CT molecular complexity index is 373. The molecule has 0 saturated heterocycles. The van der Waals surface area contributed by atoms with E-state index in [1.165, 1.54) is 25.1 Å². The highest BCUT2D eigenvalue weighted by atomic mass is 16.5. The van der Waals surface area contributed by atoms with Gasteiger partial charge in [-0.15, -0.1) is 0 Å². The molecule has 0 aromatic carbocycles. The van der Waals surface area contributed by atoms with Crippen molar-refractivity contribution in [3.05, 3.63) is 11.9 Å². The van der Waals surface area contributed by atoms with E-state index in [4.69, 9.17) is 4.74 Å². The standard InChI is InChI=1S/C10H16N2O4/c1-6(2)12-8(7(15-3)5-11-12)9(13)10(14)16-4/h5-6,9,13H,1-4H3. The topological polar surface area (TPSA) is 73.6 Å². The molecule has 1 atom stereocenters. The number of methoxy groups -OCH3 is 2. The van der Waals surface area contributed by atoms with Crippen molar-refractivity contribution in [2.45, 2.75) is 26.0 Å². The Balaban J connectivity index is 3.17. The van der Waals surface area contributed by atoms with Crippen LogP contribution in [0.2, 0.25) is 0 Å². The van der Waals surface area contributed by atoms with Gasteiger partial charge in [-0.05, 0) is 13.8 Å². The van der Waals surface area contributed by atoms with Crippen molar-refractivity contribution in [2.75, 3.05) is 14.2 Å². The lowest BCUT2D eigenvalue weighted by molar-refractivity contribution is -0.151. The number of carbonyl (C=O) groups excluding carboxylic acids is 1. The Morgan fingerprint density at radius 2 is 2.12 bits per heavy atom. The molecule has 0 fully saturated rings. The minimum absolute atomic E-state index is 0.0122. The van der Waals surface area contributed by atoms with Gasteiger partial charge in [0.25, 0.3) is 0 Å². The lowest BCUT2D eigenvalue weighted by Gasteiger charge is -2.15. The maximum Gasteiger partial charge on any atom is 0.341 e. The van der Waals surface area contributed by atoms with E-state index in [0.717, 1.165) is 0 Å². The van der Waals surface area contributed by atoms with Crippen LogP contribution in [0.1, 0.15) is 31.7 Å². The van der Waals surface area contributed by atoms with Crippen molar-refractivity contribution >= 4 is 5.97 Å². The van der Waals surface area contributed by atoms with E-state index in [9.17, 15) is 9.90 Å². The molecule has 1 N–H and O–H groups in total. The van der Waals surface area contributed by atoms with Crippen molar-refractivity contribution in [3.8, 4) is 5.75 Å². The van der Waals surface area contributed by atoms with Crippen molar-refractivity contribution in [1.29, 1.82) is 0 Å². The number of hydrogen-bond acceptors (Lipinski definition) is 5. The molecule has 90 valence electrons. The Labute approximate surface area is 93.8 Å². The van der Waals surface area contributed by atoms with Gasteiger partial charge in [0.05, 0.1) is 20.4 Å². The molecular formula is C10H16N2O4. The predicted molar refractivity (Wildman–Crippen MR) is 56.1 cm³/mol. The van der Waals surface area contributed by atoms with Gasteiger partial charge in [0, 0.05) is 6.04 Å². The molecule has 6 nitrogen and oxygen atoms in total. The minimum Gasteiger partial charge on any atom is -0.493 e. The van der Waals surface area contributed by atoms with E-state index in [1.54, 1.807) is 0 Å². The molecule has 0 aliphatic carbocycles. The molecule has 1 rings (SSSR count). The first-order chi connectivity index (χ1) is 7.52. The van der Waals surface area contributed by atoms with Gasteiger partial charge in [-0.1, -0.05) is 0 Å². The Kier molecular flexibility index (Phi) is 3.89. The van der Waals surface area contributed by atoms with Gasteiger partial charge in [-0.2, -0.15) is 5.10 Å². The Morgan fingerprint density at radius 3 is 2.56 bits per heavy atom. The van der Waals surface area contributed by atoms with Crippen molar-refractivity contribution < 1.29 is 19.4 Å². The van der Waals surface area contributed by atoms with Crippen LogP contribution in [0.3, 0.4) is 0 Å².